The van der Waals surface area contributed by atoms with Gasteiger partial charge in [0.2, 0.25) is 11.8 Å². The molecule has 0 N–H and O–H groups in total. The highest BCUT2D eigenvalue weighted by molar-refractivity contribution is 6.30. The summed E-state index contributed by atoms with van der Waals surface area (Å²) in [7, 11) is 0. The molecule has 3 aromatic rings. The molecular weight excluding hydrogens is 527 g/mol. The number of ether oxygens (including phenoxy) is 1. The van der Waals surface area contributed by atoms with Gasteiger partial charge in [-0.05, 0) is 73.0 Å². The average molecular weight is 553 g/mol. The number of nitrogens with zero attached hydrogens (tertiary/aromatic N) is 2. The molecule has 0 aliphatic carbocycles. The fourth-order valence-electron chi connectivity index (χ4n) is 4.37. The van der Waals surface area contributed by atoms with E-state index in [1.807, 2.05) is 18.2 Å². The van der Waals surface area contributed by atoms with Crippen LogP contribution in [0.25, 0.3) is 0 Å². The van der Waals surface area contributed by atoms with Gasteiger partial charge in [-0.15, -0.1) is 0 Å². The van der Waals surface area contributed by atoms with Gasteiger partial charge in [0.25, 0.3) is 5.91 Å². The molecule has 3 amide bonds. The van der Waals surface area contributed by atoms with Crippen molar-refractivity contribution in [1.29, 1.82) is 0 Å². The largest absolute Gasteiger partial charge is 0.462 e. The fraction of sp³-hybridized carbons (Fsp3) is 0.241. The minimum atomic E-state index is -0.953. The fourth-order valence-corrected chi connectivity index (χ4v) is 4.71. The van der Waals surface area contributed by atoms with Gasteiger partial charge in [-0.3, -0.25) is 14.4 Å². The molecule has 7 nitrogen and oxygen atoms in total. The standard InChI is InChI=1S/C29H26Cl2N2O5/c1-2-38-29(37)21-8-12-24(13-9-21)33-27(35)18-25(28(33)36)32(15-14-19-4-3-5-23(31)16-19)26(34)17-20-6-10-22(30)11-7-20/h3-13,16,25H,2,14-15,17-18H2,1H3. The minimum absolute atomic E-state index is 0.0545. The van der Waals surface area contributed by atoms with Gasteiger partial charge in [0.1, 0.15) is 6.04 Å². The summed E-state index contributed by atoms with van der Waals surface area (Å²) >= 11 is 12.1. The number of imide groups is 1. The van der Waals surface area contributed by atoms with Crippen LogP contribution >= 0.6 is 23.2 Å². The third-order valence-corrected chi connectivity index (χ3v) is 6.74. The highest BCUT2D eigenvalue weighted by Gasteiger charge is 2.44. The number of halogens is 2. The quantitative estimate of drug-likeness (QED) is 0.272. The normalized spacial score (nSPS) is 15.0. The highest BCUT2D eigenvalue weighted by atomic mass is 35.5. The lowest BCUT2D eigenvalue weighted by molar-refractivity contribution is -0.137. The SMILES string of the molecule is CCOC(=O)c1ccc(N2C(=O)CC(N(CCc3cccc(Cl)c3)C(=O)Cc3ccc(Cl)cc3)C2=O)cc1. The number of amides is 3. The van der Waals surface area contributed by atoms with Crippen LogP contribution in [0.15, 0.2) is 72.8 Å². The maximum Gasteiger partial charge on any atom is 0.338 e. The minimum Gasteiger partial charge on any atom is -0.462 e. The van der Waals surface area contributed by atoms with Crippen LogP contribution in [-0.2, 0) is 32.0 Å². The van der Waals surface area contributed by atoms with Gasteiger partial charge in [0.15, 0.2) is 0 Å². The van der Waals surface area contributed by atoms with Crippen LogP contribution in [0.2, 0.25) is 10.0 Å². The first-order chi connectivity index (χ1) is 18.3. The van der Waals surface area contributed by atoms with Gasteiger partial charge < -0.3 is 9.64 Å². The van der Waals surface area contributed by atoms with Crippen molar-refractivity contribution in [3.63, 3.8) is 0 Å². The van der Waals surface area contributed by atoms with Gasteiger partial charge in [0, 0.05) is 16.6 Å². The van der Waals surface area contributed by atoms with Crippen LogP contribution in [0.4, 0.5) is 5.69 Å². The molecule has 3 aromatic carbocycles. The summed E-state index contributed by atoms with van der Waals surface area (Å²) in [6.07, 6.45) is 0.373. The highest BCUT2D eigenvalue weighted by Crippen LogP contribution is 2.27. The molecule has 4 rings (SSSR count). The lowest BCUT2D eigenvalue weighted by Crippen LogP contribution is -2.47. The summed E-state index contributed by atoms with van der Waals surface area (Å²) in [5.41, 5.74) is 2.29. The van der Waals surface area contributed by atoms with Gasteiger partial charge in [-0.25, -0.2) is 9.69 Å². The first kappa shape index (κ1) is 27.4. The van der Waals surface area contributed by atoms with Crippen molar-refractivity contribution in [3.05, 3.63) is 99.5 Å². The molecular formula is C29H26Cl2N2O5. The molecule has 1 atom stereocenters. The van der Waals surface area contributed by atoms with E-state index >= 15 is 0 Å². The average Bonchev–Trinajstić information content (AvgIpc) is 3.19. The number of hydrogen-bond acceptors (Lipinski definition) is 5. The van der Waals surface area contributed by atoms with Crippen LogP contribution in [0, 0.1) is 0 Å². The Morgan fingerprint density at radius 2 is 1.66 bits per heavy atom. The lowest BCUT2D eigenvalue weighted by Gasteiger charge is -2.28. The van der Waals surface area contributed by atoms with E-state index in [1.54, 1.807) is 37.3 Å². The third-order valence-electron chi connectivity index (χ3n) is 6.26. The van der Waals surface area contributed by atoms with Crippen LogP contribution in [-0.4, -0.2) is 47.8 Å². The van der Waals surface area contributed by atoms with Crippen molar-refractivity contribution in [1.82, 2.24) is 4.90 Å². The van der Waals surface area contributed by atoms with Gasteiger partial charge in [-0.1, -0.05) is 47.5 Å². The summed E-state index contributed by atoms with van der Waals surface area (Å²) in [5, 5.41) is 1.13. The Kier molecular flexibility index (Phi) is 8.81. The summed E-state index contributed by atoms with van der Waals surface area (Å²) in [6, 6.07) is 19.3. The van der Waals surface area contributed by atoms with E-state index in [9.17, 15) is 19.2 Å². The molecule has 0 spiro atoms. The molecule has 1 aliphatic rings. The van der Waals surface area contributed by atoms with E-state index in [0.29, 0.717) is 27.7 Å². The van der Waals surface area contributed by atoms with Gasteiger partial charge >= 0.3 is 5.97 Å². The Morgan fingerprint density at radius 3 is 2.32 bits per heavy atom. The van der Waals surface area contributed by atoms with Gasteiger partial charge in [-0.2, -0.15) is 0 Å². The zero-order chi connectivity index (χ0) is 27.2. The van der Waals surface area contributed by atoms with Crippen molar-refractivity contribution in [2.45, 2.75) is 32.2 Å². The third kappa shape index (κ3) is 6.41. The molecule has 0 aromatic heterocycles. The number of carbonyl (C=O) groups excluding carboxylic acids is 4. The number of carbonyl (C=O) groups is 4. The zero-order valence-corrected chi connectivity index (χ0v) is 22.2. The van der Waals surface area contributed by atoms with E-state index < -0.39 is 23.8 Å². The van der Waals surface area contributed by atoms with Crippen molar-refractivity contribution in [2.24, 2.45) is 0 Å². The molecule has 196 valence electrons. The molecule has 0 radical (unpaired) electrons. The van der Waals surface area contributed by atoms with Crippen molar-refractivity contribution >= 4 is 52.6 Å². The molecule has 38 heavy (non-hydrogen) atoms. The summed E-state index contributed by atoms with van der Waals surface area (Å²) in [6.45, 7) is 2.17. The Hall–Kier alpha value is -3.68. The molecule has 1 fully saturated rings. The molecule has 9 heteroatoms. The molecule has 0 bridgehead atoms. The van der Waals surface area contributed by atoms with Crippen molar-refractivity contribution in [3.8, 4) is 0 Å². The number of rotatable bonds is 9. The first-order valence-corrected chi connectivity index (χ1v) is 12.9. The molecule has 1 saturated heterocycles. The second kappa shape index (κ2) is 12.2. The first-order valence-electron chi connectivity index (χ1n) is 12.2. The molecule has 1 aliphatic heterocycles. The lowest BCUT2D eigenvalue weighted by atomic mass is 10.1. The maximum absolute atomic E-state index is 13.5. The smallest absolute Gasteiger partial charge is 0.338 e. The predicted octanol–water partition coefficient (Wildman–Crippen LogP) is 5.12. The van der Waals surface area contributed by atoms with Crippen molar-refractivity contribution < 1.29 is 23.9 Å². The predicted molar refractivity (Wildman–Crippen MR) is 145 cm³/mol. The molecule has 1 unspecified atom stereocenters. The van der Waals surface area contributed by atoms with Crippen LogP contribution < -0.4 is 4.90 Å². The second-order valence-electron chi connectivity index (χ2n) is 8.82. The molecule has 0 saturated carbocycles. The van der Waals surface area contributed by atoms with E-state index in [2.05, 4.69) is 0 Å². The Labute approximate surface area is 230 Å². The number of anilines is 1. The monoisotopic (exact) mass is 552 g/mol. The Balaban J connectivity index is 1.57. The number of esters is 1. The Bertz CT molecular complexity index is 1340. The summed E-state index contributed by atoms with van der Waals surface area (Å²) < 4.78 is 4.99. The van der Waals surface area contributed by atoms with Crippen molar-refractivity contribution in [2.75, 3.05) is 18.1 Å². The Morgan fingerprint density at radius 1 is 0.947 bits per heavy atom. The number of hydrogen-bond donors (Lipinski definition) is 0. The van der Waals surface area contributed by atoms with Gasteiger partial charge in [0.05, 0.1) is 30.7 Å². The number of benzene rings is 3. The molecule has 1 heterocycles. The van der Waals surface area contributed by atoms with E-state index in [-0.39, 0.29) is 31.9 Å². The second-order valence-corrected chi connectivity index (χ2v) is 9.70. The van der Waals surface area contributed by atoms with E-state index in [0.717, 1.165) is 16.0 Å². The summed E-state index contributed by atoms with van der Waals surface area (Å²) in [4.78, 5) is 54.5. The van der Waals surface area contributed by atoms with E-state index in [4.69, 9.17) is 27.9 Å². The maximum atomic E-state index is 13.5. The topological polar surface area (TPSA) is 84.0 Å². The van der Waals surface area contributed by atoms with E-state index in [1.165, 1.54) is 29.2 Å². The van der Waals surface area contributed by atoms with Crippen LogP contribution in [0.5, 0.6) is 0 Å². The van der Waals surface area contributed by atoms with Crippen LogP contribution in [0.1, 0.15) is 34.8 Å². The zero-order valence-electron chi connectivity index (χ0n) is 20.7. The van der Waals surface area contributed by atoms with Crippen LogP contribution in [0.3, 0.4) is 0 Å². The summed E-state index contributed by atoms with van der Waals surface area (Å²) in [5.74, 6) is -1.68.